The van der Waals surface area contributed by atoms with Crippen LogP contribution in [0.25, 0.3) is 22.2 Å². The zero-order chi connectivity index (χ0) is 28.3. The summed E-state index contributed by atoms with van der Waals surface area (Å²) >= 11 is 0. The number of halogens is 1. The van der Waals surface area contributed by atoms with E-state index in [1.807, 2.05) is 21.7 Å². The highest BCUT2D eigenvalue weighted by molar-refractivity contribution is 5.96. The summed E-state index contributed by atoms with van der Waals surface area (Å²) in [5.74, 6) is 0.644. The van der Waals surface area contributed by atoms with E-state index in [9.17, 15) is 9.18 Å². The van der Waals surface area contributed by atoms with Crippen LogP contribution in [0, 0.1) is 5.82 Å². The van der Waals surface area contributed by atoms with E-state index in [1.54, 1.807) is 36.7 Å². The Morgan fingerprint density at radius 1 is 1.12 bits per heavy atom. The molecule has 2 fully saturated rings. The molecule has 9 nitrogen and oxygen atoms in total. The third-order valence-electron chi connectivity index (χ3n) is 7.49. The lowest BCUT2D eigenvalue weighted by Crippen LogP contribution is -2.40. The fourth-order valence-electron chi connectivity index (χ4n) is 5.42. The minimum absolute atomic E-state index is 0.0490. The Balaban J connectivity index is 1.37. The van der Waals surface area contributed by atoms with Crippen LogP contribution in [0.3, 0.4) is 0 Å². The van der Waals surface area contributed by atoms with Crippen molar-refractivity contribution in [3.8, 4) is 34.3 Å². The lowest BCUT2D eigenvalue weighted by atomic mass is 10.1. The smallest absolute Gasteiger partial charge is 0.246 e. The maximum atomic E-state index is 14.6. The van der Waals surface area contributed by atoms with E-state index in [4.69, 9.17) is 24.0 Å². The van der Waals surface area contributed by atoms with Gasteiger partial charge in [-0.15, -0.1) is 0 Å². The number of rotatable bonds is 8. The number of carbonyl (C=O) groups excluding carboxylic acids is 1. The average Bonchev–Trinajstić information content (AvgIpc) is 3.67. The second-order valence-electron chi connectivity index (χ2n) is 10.1. The van der Waals surface area contributed by atoms with Crippen molar-refractivity contribution < 1.29 is 28.1 Å². The summed E-state index contributed by atoms with van der Waals surface area (Å²) in [6.07, 6.45) is 7.32. The second kappa shape index (κ2) is 11.6. The molecule has 0 bridgehead atoms. The van der Waals surface area contributed by atoms with Gasteiger partial charge in [0, 0.05) is 31.3 Å². The van der Waals surface area contributed by atoms with E-state index in [0.29, 0.717) is 37.8 Å². The molecule has 0 saturated carbocycles. The molecule has 2 aromatic carbocycles. The number of amides is 1. The van der Waals surface area contributed by atoms with E-state index in [2.05, 4.69) is 11.6 Å². The van der Waals surface area contributed by atoms with E-state index in [-0.39, 0.29) is 29.6 Å². The quantitative estimate of drug-likeness (QED) is 0.262. The summed E-state index contributed by atoms with van der Waals surface area (Å²) in [5.41, 5.74) is 2.40. The molecule has 2 saturated heterocycles. The molecule has 4 heterocycles. The fourth-order valence-corrected chi connectivity index (χ4v) is 5.42. The van der Waals surface area contributed by atoms with Gasteiger partial charge in [0.25, 0.3) is 0 Å². The monoisotopic (exact) mass is 558 g/mol. The molecule has 6 rings (SSSR count). The van der Waals surface area contributed by atoms with E-state index in [0.717, 1.165) is 41.4 Å². The molecule has 0 radical (unpaired) electrons. The number of pyridine rings is 1. The number of piperidine rings is 1. The number of nitrogens with zero attached hydrogens (tertiary/aromatic N) is 4. The normalized spacial score (nSPS) is 18.8. The third-order valence-corrected chi connectivity index (χ3v) is 7.49. The Bertz CT molecular complexity index is 1570. The molecular weight excluding hydrogens is 527 g/mol. The summed E-state index contributed by atoms with van der Waals surface area (Å²) < 4.78 is 39.4. The summed E-state index contributed by atoms with van der Waals surface area (Å²) in [6.45, 7) is 6.05. The molecule has 0 N–H and O–H groups in total. The number of methoxy groups -OCH3 is 1. The molecule has 41 heavy (non-hydrogen) atoms. The van der Waals surface area contributed by atoms with Crippen molar-refractivity contribution in [2.45, 2.75) is 31.4 Å². The van der Waals surface area contributed by atoms with Crippen molar-refractivity contribution in [3.05, 3.63) is 73.3 Å². The van der Waals surface area contributed by atoms with Gasteiger partial charge in [0.2, 0.25) is 11.7 Å². The van der Waals surface area contributed by atoms with Crippen molar-refractivity contribution >= 4 is 16.8 Å². The van der Waals surface area contributed by atoms with Gasteiger partial charge < -0.3 is 23.8 Å². The fraction of sp³-hybridized carbons (Fsp3) is 0.323. The Hall–Kier alpha value is -4.44. The lowest BCUT2D eigenvalue weighted by Gasteiger charge is -2.32. The van der Waals surface area contributed by atoms with Crippen LogP contribution in [-0.4, -0.2) is 65.1 Å². The molecule has 0 spiro atoms. The van der Waals surface area contributed by atoms with Gasteiger partial charge in [-0.1, -0.05) is 12.6 Å². The van der Waals surface area contributed by atoms with Gasteiger partial charge in [0.1, 0.15) is 23.1 Å². The summed E-state index contributed by atoms with van der Waals surface area (Å²) in [6, 6.07) is 12.0. The zero-order valence-electron chi connectivity index (χ0n) is 22.8. The van der Waals surface area contributed by atoms with Crippen LogP contribution in [0.4, 0.5) is 4.39 Å². The van der Waals surface area contributed by atoms with Crippen LogP contribution in [0.15, 0.2) is 67.5 Å². The van der Waals surface area contributed by atoms with Gasteiger partial charge >= 0.3 is 0 Å². The molecular formula is C31H31FN4O5. The average molecular weight is 559 g/mol. The number of likely N-dealkylation sites (tertiary alicyclic amines) is 1. The number of aromatic nitrogens is 3. The molecule has 2 aliphatic heterocycles. The van der Waals surface area contributed by atoms with Crippen LogP contribution in [0.2, 0.25) is 0 Å². The largest absolute Gasteiger partial charge is 0.494 e. The first-order valence-corrected chi connectivity index (χ1v) is 13.7. The minimum atomic E-state index is -0.563. The van der Waals surface area contributed by atoms with E-state index < -0.39 is 5.82 Å². The highest BCUT2D eigenvalue weighted by atomic mass is 19.1. The van der Waals surface area contributed by atoms with Crippen LogP contribution >= 0.6 is 0 Å². The summed E-state index contributed by atoms with van der Waals surface area (Å²) in [5, 5.41) is 5.91. The Morgan fingerprint density at radius 3 is 2.71 bits per heavy atom. The van der Waals surface area contributed by atoms with Crippen LogP contribution in [0.5, 0.6) is 23.0 Å². The second-order valence-corrected chi connectivity index (χ2v) is 10.1. The first-order valence-electron chi connectivity index (χ1n) is 13.7. The number of benzene rings is 2. The van der Waals surface area contributed by atoms with Gasteiger partial charge in [0.05, 0.1) is 37.9 Å². The maximum Gasteiger partial charge on any atom is 0.246 e. The van der Waals surface area contributed by atoms with Crippen molar-refractivity contribution in [3.63, 3.8) is 0 Å². The molecule has 0 aliphatic carbocycles. The van der Waals surface area contributed by atoms with Crippen molar-refractivity contribution in [2.75, 3.05) is 33.4 Å². The van der Waals surface area contributed by atoms with Crippen LogP contribution in [-0.2, 0) is 9.53 Å². The molecule has 2 atom stereocenters. The SMILES string of the molecule is C=CC(=O)N1CCC[C@@H](n2nc(-c3ccc(Oc4cccc(OC)c4F)cc3)c3cncc(OC4CCOC4)c32)C1. The maximum absolute atomic E-state index is 14.6. The molecule has 10 heteroatoms. The predicted molar refractivity (Wildman–Crippen MR) is 151 cm³/mol. The van der Waals surface area contributed by atoms with Crippen molar-refractivity contribution in [1.29, 1.82) is 0 Å². The lowest BCUT2D eigenvalue weighted by molar-refractivity contribution is -0.127. The van der Waals surface area contributed by atoms with Gasteiger partial charge in [0.15, 0.2) is 17.2 Å². The molecule has 212 valence electrons. The van der Waals surface area contributed by atoms with E-state index >= 15 is 0 Å². The summed E-state index contributed by atoms with van der Waals surface area (Å²) in [4.78, 5) is 18.7. The Morgan fingerprint density at radius 2 is 1.95 bits per heavy atom. The van der Waals surface area contributed by atoms with Gasteiger partial charge in [-0.2, -0.15) is 9.49 Å². The first kappa shape index (κ1) is 26.8. The standard InChI is InChI=1S/C31H31FN4O5/c1-3-28(37)35-14-5-6-21(18-35)36-31-24(16-33-17-27(31)41-23-13-15-39-19-23)30(34-36)20-9-11-22(12-10-20)40-26-8-4-7-25(38-2)29(26)32/h3-4,7-12,16-17,21,23H,1,5-6,13-15,18-19H2,2H3/t21-,23?/m1/s1. The predicted octanol–water partition coefficient (Wildman–Crippen LogP) is 5.56. The zero-order valence-corrected chi connectivity index (χ0v) is 22.8. The number of ether oxygens (including phenoxy) is 4. The van der Waals surface area contributed by atoms with Crippen molar-refractivity contribution in [2.24, 2.45) is 0 Å². The Labute approximate surface area is 237 Å². The molecule has 1 unspecified atom stereocenters. The highest BCUT2D eigenvalue weighted by Gasteiger charge is 2.29. The molecule has 4 aromatic rings. The number of carbonyl (C=O) groups is 1. The van der Waals surface area contributed by atoms with Gasteiger partial charge in [-0.05, 0) is 55.3 Å². The van der Waals surface area contributed by atoms with E-state index in [1.165, 1.54) is 19.3 Å². The first-order chi connectivity index (χ1) is 20.1. The molecule has 1 amide bonds. The highest BCUT2D eigenvalue weighted by Crippen LogP contribution is 2.38. The third kappa shape index (κ3) is 5.35. The van der Waals surface area contributed by atoms with Gasteiger partial charge in [-0.25, -0.2) is 0 Å². The Kier molecular flexibility index (Phi) is 7.56. The van der Waals surface area contributed by atoms with Gasteiger partial charge in [-0.3, -0.25) is 14.5 Å². The number of hydrogen-bond acceptors (Lipinski definition) is 7. The number of fused-ring (bicyclic) bond motifs is 1. The number of hydrogen-bond donors (Lipinski definition) is 0. The molecule has 2 aromatic heterocycles. The van der Waals surface area contributed by atoms with Crippen LogP contribution < -0.4 is 14.2 Å². The summed E-state index contributed by atoms with van der Waals surface area (Å²) in [7, 11) is 1.41. The minimum Gasteiger partial charge on any atom is -0.494 e. The van der Waals surface area contributed by atoms with Crippen molar-refractivity contribution in [1.82, 2.24) is 19.7 Å². The molecule has 2 aliphatic rings. The topological polar surface area (TPSA) is 87.9 Å². The van der Waals surface area contributed by atoms with Crippen LogP contribution in [0.1, 0.15) is 25.3 Å².